The van der Waals surface area contributed by atoms with Crippen molar-refractivity contribution in [3.63, 3.8) is 0 Å². The van der Waals surface area contributed by atoms with E-state index in [1.807, 2.05) is 30.3 Å². The molecule has 0 atom stereocenters. The predicted octanol–water partition coefficient (Wildman–Crippen LogP) is 4.48. The van der Waals surface area contributed by atoms with Crippen LogP contribution in [-0.4, -0.2) is 47.6 Å². The van der Waals surface area contributed by atoms with Gasteiger partial charge in [0, 0.05) is 18.8 Å². The van der Waals surface area contributed by atoms with E-state index in [2.05, 4.69) is 34.3 Å². The van der Waals surface area contributed by atoms with Crippen molar-refractivity contribution in [2.45, 2.75) is 19.0 Å². The molecular formula is C28H29N5O3S. The molecule has 1 N–H and O–H groups in total. The van der Waals surface area contributed by atoms with E-state index in [1.165, 1.54) is 16.3 Å². The minimum atomic E-state index is -0.301. The smallest absolute Gasteiger partial charge is 0.266 e. The molecule has 0 aliphatic rings. The molecule has 0 spiro atoms. The number of hydrogen-bond donors (Lipinski definition) is 1. The van der Waals surface area contributed by atoms with Crippen molar-refractivity contribution in [2.75, 3.05) is 30.9 Å². The Kier molecular flexibility index (Phi) is 8.58. The molecule has 3 aromatic carbocycles. The molecule has 1 aromatic heterocycles. The van der Waals surface area contributed by atoms with E-state index in [9.17, 15) is 9.59 Å². The number of hydrogen-bond acceptors (Lipinski definition) is 7. The Morgan fingerprint density at radius 1 is 1.05 bits per heavy atom. The first-order valence-electron chi connectivity index (χ1n) is 12.0. The van der Waals surface area contributed by atoms with Crippen LogP contribution in [0, 0.1) is 0 Å². The Balaban J connectivity index is 1.48. The highest BCUT2D eigenvalue weighted by Gasteiger charge is 2.15. The lowest BCUT2D eigenvalue weighted by Gasteiger charge is -2.20. The lowest BCUT2D eigenvalue weighted by atomic mass is 10.2. The second kappa shape index (κ2) is 12.2. The molecular weight excluding hydrogens is 486 g/mol. The van der Waals surface area contributed by atoms with E-state index in [1.54, 1.807) is 55.8 Å². The highest BCUT2D eigenvalue weighted by atomic mass is 32.2. The van der Waals surface area contributed by atoms with E-state index in [4.69, 9.17) is 4.74 Å². The lowest BCUT2D eigenvalue weighted by molar-refractivity contribution is -0.118. The van der Waals surface area contributed by atoms with Gasteiger partial charge in [-0.25, -0.2) is 10.4 Å². The fourth-order valence-corrected chi connectivity index (χ4v) is 4.67. The van der Waals surface area contributed by atoms with E-state index < -0.39 is 0 Å². The number of thioether (sulfide) groups is 1. The zero-order valence-corrected chi connectivity index (χ0v) is 21.9. The molecule has 37 heavy (non-hydrogen) atoms. The number of benzene rings is 3. The number of methoxy groups -OCH3 is 1. The van der Waals surface area contributed by atoms with Crippen LogP contribution in [0.4, 0.5) is 5.69 Å². The number of nitrogens with one attached hydrogen (secondary N) is 1. The zero-order valence-electron chi connectivity index (χ0n) is 21.0. The maximum absolute atomic E-state index is 13.3. The SMILES string of the molecule is CCN(CC)c1ccc(/C=N\NC(=O)CSc2nc3ccccc3c(=O)n2-c2ccc(OC)cc2)cc1. The van der Waals surface area contributed by atoms with Gasteiger partial charge < -0.3 is 9.64 Å². The van der Waals surface area contributed by atoms with Crippen molar-refractivity contribution in [1.29, 1.82) is 0 Å². The van der Waals surface area contributed by atoms with Crippen molar-refractivity contribution >= 4 is 40.5 Å². The molecule has 1 amide bonds. The number of nitrogens with zero attached hydrogens (tertiary/aromatic N) is 4. The monoisotopic (exact) mass is 515 g/mol. The highest BCUT2D eigenvalue weighted by molar-refractivity contribution is 7.99. The van der Waals surface area contributed by atoms with Gasteiger partial charge in [0.25, 0.3) is 11.5 Å². The molecule has 0 saturated heterocycles. The van der Waals surface area contributed by atoms with E-state index >= 15 is 0 Å². The average Bonchev–Trinajstić information content (AvgIpc) is 2.93. The molecule has 0 aliphatic heterocycles. The van der Waals surface area contributed by atoms with Crippen LogP contribution in [0.1, 0.15) is 19.4 Å². The summed E-state index contributed by atoms with van der Waals surface area (Å²) in [5.41, 5.74) is 5.59. The summed E-state index contributed by atoms with van der Waals surface area (Å²) >= 11 is 1.17. The van der Waals surface area contributed by atoms with Gasteiger partial charge in [-0.3, -0.25) is 14.2 Å². The molecule has 0 radical (unpaired) electrons. The standard InChI is InChI=1S/C28H29N5O3S/c1-4-32(5-2)21-12-10-20(11-13-21)18-29-31-26(34)19-37-28-30-25-9-7-6-8-24(25)27(35)33(28)22-14-16-23(36-3)17-15-22/h6-18H,4-5,19H2,1-3H3,(H,31,34)/b29-18-. The van der Waals surface area contributed by atoms with Crippen LogP contribution in [0.25, 0.3) is 16.6 Å². The molecule has 0 bridgehead atoms. The van der Waals surface area contributed by atoms with Crippen LogP contribution in [0.3, 0.4) is 0 Å². The molecule has 0 aliphatic carbocycles. The number of hydrazone groups is 1. The van der Waals surface area contributed by atoms with Gasteiger partial charge in [0.15, 0.2) is 5.16 Å². The van der Waals surface area contributed by atoms with Crippen molar-refractivity contribution in [2.24, 2.45) is 5.10 Å². The number of anilines is 1. The number of para-hydroxylation sites is 1. The summed E-state index contributed by atoms with van der Waals surface area (Å²) in [5, 5.41) is 5.00. The van der Waals surface area contributed by atoms with E-state index in [0.29, 0.717) is 27.5 Å². The van der Waals surface area contributed by atoms with Crippen molar-refractivity contribution in [3.8, 4) is 11.4 Å². The minimum Gasteiger partial charge on any atom is -0.497 e. The summed E-state index contributed by atoms with van der Waals surface area (Å²) in [7, 11) is 1.59. The van der Waals surface area contributed by atoms with Gasteiger partial charge in [0.05, 0.1) is 35.7 Å². The summed E-state index contributed by atoms with van der Waals surface area (Å²) < 4.78 is 6.75. The average molecular weight is 516 g/mol. The van der Waals surface area contributed by atoms with Gasteiger partial charge in [-0.15, -0.1) is 0 Å². The third-order valence-electron chi connectivity index (χ3n) is 5.83. The van der Waals surface area contributed by atoms with Gasteiger partial charge in [-0.2, -0.15) is 5.10 Å². The van der Waals surface area contributed by atoms with Crippen molar-refractivity contribution < 1.29 is 9.53 Å². The number of carbonyl (C=O) groups is 1. The minimum absolute atomic E-state index is 0.0408. The molecule has 4 rings (SSSR count). The van der Waals surface area contributed by atoms with Crippen LogP contribution in [0.2, 0.25) is 0 Å². The Labute approximate surface area is 220 Å². The van der Waals surface area contributed by atoms with Crippen molar-refractivity contribution in [3.05, 3.63) is 88.7 Å². The third kappa shape index (κ3) is 6.18. The van der Waals surface area contributed by atoms with Gasteiger partial charge in [0.2, 0.25) is 0 Å². The third-order valence-corrected chi connectivity index (χ3v) is 6.77. The van der Waals surface area contributed by atoms with Crippen LogP contribution in [0.15, 0.2) is 87.8 Å². The quantitative estimate of drug-likeness (QED) is 0.145. The van der Waals surface area contributed by atoms with Crippen LogP contribution < -0.4 is 20.6 Å². The first kappa shape index (κ1) is 26.0. The highest BCUT2D eigenvalue weighted by Crippen LogP contribution is 2.23. The second-order valence-corrected chi connectivity index (χ2v) is 9.04. The number of fused-ring (bicyclic) bond motifs is 1. The summed E-state index contributed by atoms with van der Waals surface area (Å²) in [5.74, 6) is 0.420. The Morgan fingerprint density at radius 2 is 1.76 bits per heavy atom. The van der Waals surface area contributed by atoms with Crippen LogP contribution in [0.5, 0.6) is 5.75 Å². The lowest BCUT2D eigenvalue weighted by Crippen LogP contribution is -2.24. The number of rotatable bonds is 10. The normalized spacial score (nSPS) is 11.1. The summed E-state index contributed by atoms with van der Waals surface area (Å²) in [4.78, 5) is 32.8. The molecule has 9 heteroatoms. The molecule has 4 aromatic rings. The first-order valence-corrected chi connectivity index (χ1v) is 13.0. The maximum Gasteiger partial charge on any atom is 0.266 e. The molecule has 0 saturated carbocycles. The maximum atomic E-state index is 13.3. The fourth-order valence-electron chi connectivity index (χ4n) is 3.87. The van der Waals surface area contributed by atoms with Crippen molar-refractivity contribution in [1.82, 2.24) is 15.0 Å². The molecule has 0 fully saturated rings. The van der Waals surface area contributed by atoms with Crippen LogP contribution >= 0.6 is 11.8 Å². The first-order chi connectivity index (χ1) is 18.0. The van der Waals surface area contributed by atoms with E-state index in [-0.39, 0.29) is 17.2 Å². The summed E-state index contributed by atoms with van der Waals surface area (Å²) in [6.45, 7) is 6.12. The summed E-state index contributed by atoms with van der Waals surface area (Å²) in [6.07, 6.45) is 1.61. The molecule has 1 heterocycles. The largest absolute Gasteiger partial charge is 0.497 e. The summed E-state index contributed by atoms with van der Waals surface area (Å²) in [6, 6.07) is 22.3. The second-order valence-electron chi connectivity index (χ2n) is 8.10. The van der Waals surface area contributed by atoms with Gasteiger partial charge >= 0.3 is 0 Å². The van der Waals surface area contributed by atoms with Crippen LogP contribution in [-0.2, 0) is 4.79 Å². The topological polar surface area (TPSA) is 88.8 Å². The molecule has 8 nitrogen and oxygen atoms in total. The number of amides is 1. The van der Waals surface area contributed by atoms with Gasteiger partial charge in [0.1, 0.15) is 5.75 Å². The Hall–Kier alpha value is -4.11. The molecule has 190 valence electrons. The molecule has 0 unspecified atom stereocenters. The van der Waals surface area contributed by atoms with Gasteiger partial charge in [-0.1, -0.05) is 36.0 Å². The number of ether oxygens (including phenoxy) is 1. The van der Waals surface area contributed by atoms with E-state index in [0.717, 1.165) is 24.3 Å². The Bertz CT molecular complexity index is 1450. The van der Waals surface area contributed by atoms with Gasteiger partial charge in [-0.05, 0) is 67.9 Å². The predicted molar refractivity (Wildman–Crippen MR) is 150 cm³/mol. The number of carbonyl (C=O) groups excluding carboxylic acids is 1. The Morgan fingerprint density at radius 3 is 2.43 bits per heavy atom. The zero-order chi connectivity index (χ0) is 26.2. The number of aromatic nitrogens is 2. The fraction of sp³-hybridized carbons (Fsp3) is 0.214.